The van der Waals surface area contributed by atoms with Crippen molar-refractivity contribution in [1.29, 1.82) is 0 Å². The first-order valence-electron chi connectivity index (χ1n) is 8.06. The van der Waals surface area contributed by atoms with E-state index in [0.29, 0.717) is 5.76 Å². The Kier molecular flexibility index (Phi) is 5.61. The Bertz CT molecular complexity index is 631. The number of benzene rings is 1. The maximum atomic E-state index is 12.6. The molecule has 4 nitrogen and oxygen atoms in total. The van der Waals surface area contributed by atoms with Crippen LogP contribution in [-0.4, -0.2) is 17.6 Å². The summed E-state index contributed by atoms with van der Waals surface area (Å²) < 4.78 is 5.47. The van der Waals surface area contributed by atoms with Crippen LogP contribution in [0.5, 0.6) is 0 Å². The van der Waals surface area contributed by atoms with Crippen LogP contribution < -0.4 is 5.32 Å². The van der Waals surface area contributed by atoms with E-state index in [0.717, 1.165) is 24.2 Å². The van der Waals surface area contributed by atoms with Crippen LogP contribution in [0.4, 0.5) is 0 Å². The summed E-state index contributed by atoms with van der Waals surface area (Å²) in [6.07, 6.45) is 1.69. The monoisotopic (exact) mass is 315 g/mol. The Balaban J connectivity index is 2.04. The molecule has 0 bridgehead atoms. The first kappa shape index (κ1) is 17.3. The molecule has 2 aromatic rings. The zero-order chi connectivity index (χ0) is 16.9. The van der Waals surface area contributed by atoms with Crippen molar-refractivity contribution >= 4 is 5.91 Å². The normalized spacial score (nSPS) is 15.0. The van der Waals surface area contributed by atoms with Gasteiger partial charge in [-0.25, -0.2) is 0 Å². The third-order valence-corrected chi connectivity index (χ3v) is 3.97. The highest BCUT2D eigenvalue weighted by molar-refractivity contribution is 5.83. The van der Waals surface area contributed by atoms with Gasteiger partial charge in [0.2, 0.25) is 5.91 Å². The van der Waals surface area contributed by atoms with Crippen LogP contribution in [0.3, 0.4) is 0 Å². The molecule has 0 saturated carbocycles. The fourth-order valence-electron chi connectivity index (χ4n) is 2.62. The Hall–Kier alpha value is -2.07. The van der Waals surface area contributed by atoms with Gasteiger partial charge in [-0.15, -0.1) is 0 Å². The zero-order valence-corrected chi connectivity index (χ0v) is 14.0. The first-order chi connectivity index (χ1) is 10.9. The standard InChI is InChI=1S/C19H25NO3/c1-4-8-16(15-9-6-5-7-10-15)18(21)20-13-19(3,22)17-12-11-14(2)23-17/h5-7,9-12,16,22H,4,8,13H2,1-3H3,(H,20,21). The molecular formula is C19H25NO3. The molecule has 4 heteroatoms. The van der Waals surface area contributed by atoms with Gasteiger partial charge < -0.3 is 14.8 Å². The van der Waals surface area contributed by atoms with Crippen molar-refractivity contribution in [2.45, 2.75) is 45.1 Å². The fraction of sp³-hybridized carbons (Fsp3) is 0.421. The molecule has 0 saturated heterocycles. The second kappa shape index (κ2) is 7.47. The van der Waals surface area contributed by atoms with Gasteiger partial charge in [0.05, 0.1) is 12.5 Å². The van der Waals surface area contributed by atoms with Crippen molar-refractivity contribution in [2.75, 3.05) is 6.54 Å². The van der Waals surface area contributed by atoms with Crippen LogP contribution >= 0.6 is 0 Å². The fourth-order valence-corrected chi connectivity index (χ4v) is 2.62. The van der Waals surface area contributed by atoms with Crippen molar-refractivity contribution < 1.29 is 14.3 Å². The van der Waals surface area contributed by atoms with E-state index in [-0.39, 0.29) is 18.4 Å². The van der Waals surface area contributed by atoms with Gasteiger partial charge in [0.15, 0.2) is 0 Å². The van der Waals surface area contributed by atoms with Crippen molar-refractivity contribution in [1.82, 2.24) is 5.32 Å². The molecule has 124 valence electrons. The van der Waals surface area contributed by atoms with Gasteiger partial charge in [-0.1, -0.05) is 43.7 Å². The molecule has 0 aliphatic carbocycles. The lowest BCUT2D eigenvalue weighted by molar-refractivity contribution is -0.124. The molecule has 2 atom stereocenters. The highest BCUT2D eigenvalue weighted by atomic mass is 16.4. The largest absolute Gasteiger partial charge is 0.463 e. The molecule has 1 aromatic carbocycles. The lowest BCUT2D eigenvalue weighted by Gasteiger charge is -2.23. The summed E-state index contributed by atoms with van der Waals surface area (Å²) in [6, 6.07) is 13.3. The summed E-state index contributed by atoms with van der Waals surface area (Å²) in [5.41, 5.74) is -0.225. The second-order valence-corrected chi connectivity index (χ2v) is 6.15. The molecule has 2 unspecified atom stereocenters. The van der Waals surface area contributed by atoms with Gasteiger partial charge >= 0.3 is 0 Å². The van der Waals surface area contributed by atoms with Crippen LogP contribution in [0, 0.1) is 6.92 Å². The first-order valence-corrected chi connectivity index (χ1v) is 8.06. The van der Waals surface area contributed by atoms with E-state index in [2.05, 4.69) is 12.2 Å². The van der Waals surface area contributed by atoms with E-state index in [1.165, 1.54) is 0 Å². The number of amides is 1. The molecule has 2 N–H and O–H groups in total. The van der Waals surface area contributed by atoms with Crippen molar-refractivity contribution in [2.24, 2.45) is 0 Å². The Morgan fingerprint density at radius 2 is 1.96 bits per heavy atom. The van der Waals surface area contributed by atoms with Crippen LogP contribution in [0.2, 0.25) is 0 Å². The average Bonchev–Trinajstić information content (AvgIpc) is 2.99. The summed E-state index contributed by atoms with van der Waals surface area (Å²) in [7, 11) is 0. The molecule has 0 aliphatic heterocycles. The molecule has 0 aliphatic rings. The van der Waals surface area contributed by atoms with Crippen molar-refractivity contribution in [3.63, 3.8) is 0 Å². The van der Waals surface area contributed by atoms with Crippen LogP contribution in [0.1, 0.15) is 49.7 Å². The molecule has 0 fully saturated rings. The van der Waals surface area contributed by atoms with Crippen LogP contribution in [0.25, 0.3) is 0 Å². The minimum atomic E-state index is -1.22. The average molecular weight is 315 g/mol. The quantitative estimate of drug-likeness (QED) is 0.822. The molecule has 23 heavy (non-hydrogen) atoms. The predicted molar refractivity (Wildman–Crippen MR) is 90.1 cm³/mol. The maximum absolute atomic E-state index is 12.6. The molecule has 1 heterocycles. The molecule has 0 spiro atoms. The number of furan rings is 1. The number of aliphatic hydroxyl groups is 1. The van der Waals surface area contributed by atoms with Crippen molar-refractivity contribution in [3.8, 4) is 0 Å². The number of nitrogens with one attached hydrogen (secondary N) is 1. The van der Waals surface area contributed by atoms with E-state index in [4.69, 9.17) is 4.42 Å². The van der Waals surface area contributed by atoms with Crippen LogP contribution in [-0.2, 0) is 10.4 Å². The Labute approximate surface area is 137 Å². The van der Waals surface area contributed by atoms with Gasteiger partial charge in [-0.2, -0.15) is 0 Å². The smallest absolute Gasteiger partial charge is 0.227 e. The second-order valence-electron chi connectivity index (χ2n) is 6.15. The number of carbonyl (C=O) groups excluding carboxylic acids is 1. The third kappa shape index (κ3) is 4.45. The number of aryl methyl sites for hydroxylation is 1. The summed E-state index contributed by atoms with van der Waals surface area (Å²) in [6.45, 7) is 5.64. The predicted octanol–water partition coefficient (Wildman–Crippen LogP) is 3.50. The van der Waals surface area contributed by atoms with E-state index in [1.807, 2.05) is 37.3 Å². The summed E-state index contributed by atoms with van der Waals surface area (Å²) >= 11 is 0. The summed E-state index contributed by atoms with van der Waals surface area (Å²) in [4.78, 5) is 12.6. The Morgan fingerprint density at radius 3 is 2.52 bits per heavy atom. The van der Waals surface area contributed by atoms with Gasteiger partial charge in [0.25, 0.3) is 0 Å². The van der Waals surface area contributed by atoms with Crippen LogP contribution in [0.15, 0.2) is 46.9 Å². The third-order valence-electron chi connectivity index (χ3n) is 3.97. The highest BCUT2D eigenvalue weighted by Gasteiger charge is 2.29. The topological polar surface area (TPSA) is 62.5 Å². The number of carbonyl (C=O) groups is 1. The van der Waals surface area contributed by atoms with E-state index in [1.54, 1.807) is 19.1 Å². The lowest BCUT2D eigenvalue weighted by atomic mass is 9.93. The Morgan fingerprint density at radius 1 is 1.26 bits per heavy atom. The minimum absolute atomic E-state index is 0.0680. The molecule has 1 aromatic heterocycles. The van der Waals surface area contributed by atoms with E-state index in [9.17, 15) is 9.90 Å². The SMILES string of the molecule is CCCC(C(=O)NCC(C)(O)c1ccc(C)o1)c1ccccc1. The summed E-state index contributed by atoms with van der Waals surface area (Å²) in [5, 5.41) is 13.4. The number of hydrogen-bond donors (Lipinski definition) is 2. The van der Waals surface area contributed by atoms with E-state index < -0.39 is 5.60 Å². The summed E-state index contributed by atoms with van der Waals surface area (Å²) in [5.74, 6) is 0.929. The zero-order valence-electron chi connectivity index (χ0n) is 14.0. The van der Waals surface area contributed by atoms with Gasteiger partial charge in [0.1, 0.15) is 17.1 Å². The number of hydrogen-bond acceptors (Lipinski definition) is 3. The van der Waals surface area contributed by atoms with Crippen molar-refractivity contribution in [3.05, 3.63) is 59.5 Å². The van der Waals surface area contributed by atoms with Gasteiger partial charge in [-0.05, 0) is 38.0 Å². The molecule has 1 amide bonds. The molecule has 2 rings (SSSR count). The molecular weight excluding hydrogens is 290 g/mol. The van der Waals surface area contributed by atoms with E-state index >= 15 is 0 Å². The number of rotatable bonds is 7. The minimum Gasteiger partial charge on any atom is -0.463 e. The lowest BCUT2D eigenvalue weighted by Crippen LogP contribution is -2.40. The maximum Gasteiger partial charge on any atom is 0.227 e. The van der Waals surface area contributed by atoms with Gasteiger partial charge in [0, 0.05) is 0 Å². The highest BCUT2D eigenvalue weighted by Crippen LogP contribution is 2.24. The molecule has 0 radical (unpaired) electrons. The van der Waals surface area contributed by atoms with Gasteiger partial charge in [-0.3, -0.25) is 4.79 Å².